The van der Waals surface area contributed by atoms with Gasteiger partial charge in [-0.25, -0.2) is 4.68 Å². The van der Waals surface area contributed by atoms with E-state index in [4.69, 9.17) is 16.3 Å². The van der Waals surface area contributed by atoms with E-state index in [0.717, 1.165) is 0 Å². The second-order valence-corrected chi connectivity index (χ2v) is 7.88. The zero-order valence-corrected chi connectivity index (χ0v) is 20.1. The zero-order valence-electron chi connectivity index (χ0n) is 19.4. The standard InChI is InChI=1S/C25H27ClN4O4/c1-4-29(5-2)25(33)20-16-27-30(18-9-7-6-8-10-18)24(20)28-23(32)14-12-21(31)19-15-17(26)11-13-22(19)34-3/h6-11,13,15-16H,4-5,12,14H2,1-3H3,(H,28,32). The van der Waals surface area contributed by atoms with E-state index >= 15 is 0 Å². The molecule has 9 heteroatoms. The number of nitrogens with zero attached hydrogens (tertiary/aromatic N) is 3. The second-order valence-electron chi connectivity index (χ2n) is 7.45. The zero-order chi connectivity index (χ0) is 24.7. The molecule has 178 valence electrons. The third-order valence-corrected chi connectivity index (χ3v) is 5.59. The number of benzene rings is 2. The molecule has 2 aromatic carbocycles. The number of hydrogen-bond donors (Lipinski definition) is 1. The summed E-state index contributed by atoms with van der Waals surface area (Å²) < 4.78 is 6.74. The maximum absolute atomic E-state index is 13.0. The lowest BCUT2D eigenvalue weighted by atomic mass is 10.1. The molecule has 8 nitrogen and oxygen atoms in total. The quantitative estimate of drug-likeness (QED) is 0.425. The highest BCUT2D eigenvalue weighted by atomic mass is 35.5. The lowest BCUT2D eigenvalue weighted by molar-refractivity contribution is -0.116. The highest BCUT2D eigenvalue weighted by Crippen LogP contribution is 2.25. The molecule has 0 radical (unpaired) electrons. The average molecular weight is 483 g/mol. The molecular weight excluding hydrogens is 456 g/mol. The number of halogens is 1. The Bertz CT molecular complexity index is 1170. The number of methoxy groups -OCH3 is 1. The number of aromatic nitrogens is 2. The van der Waals surface area contributed by atoms with Crippen LogP contribution >= 0.6 is 11.6 Å². The van der Waals surface area contributed by atoms with Gasteiger partial charge < -0.3 is 15.0 Å². The number of nitrogens with one attached hydrogen (secondary N) is 1. The molecule has 0 spiro atoms. The van der Waals surface area contributed by atoms with Crippen LogP contribution in [0.15, 0.2) is 54.7 Å². The van der Waals surface area contributed by atoms with Gasteiger partial charge >= 0.3 is 0 Å². The molecular formula is C25H27ClN4O4. The van der Waals surface area contributed by atoms with Crippen molar-refractivity contribution in [1.29, 1.82) is 0 Å². The predicted octanol–water partition coefficient (Wildman–Crippen LogP) is 4.62. The minimum atomic E-state index is -0.416. The first-order valence-corrected chi connectivity index (χ1v) is 11.4. The lowest BCUT2D eigenvalue weighted by Crippen LogP contribution is -2.31. The molecule has 0 atom stereocenters. The number of ether oxygens (including phenoxy) is 1. The number of Topliss-reactive ketones (excluding diaryl/α,β-unsaturated/α-hetero) is 1. The van der Waals surface area contributed by atoms with Crippen LogP contribution in [0.4, 0.5) is 5.82 Å². The van der Waals surface area contributed by atoms with Gasteiger partial charge in [-0.2, -0.15) is 5.10 Å². The van der Waals surface area contributed by atoms with E-state index in [2.05, 4.69) is 10.4 Å². The van der Waals surface area contributed by atoms with Crippen molar-refractivity contribution in [3.05, 3.63) is 70.9 Å². The summed E-state index contributed by atoms with van der Waals surface area (Å²) in [6.45, 7) is 4.82. The molecule has 0 saturated heterocycles. The fraction of sp³-hybridized carbons (Fsp3) is 0.280. The van der Waals surface area contributed by atoms with E-state index in [1.54, 1.807) is 17.0 Å². The van der Waals surface area contributed by atoms with Crippen LogP contribution in [0.3, 0.4) is 0 Å². The molecule has 0 aliphatic heterocycles. The van der Waals surface area contributed by atoms with Crippen LogP contribution in [0.2, 0.25) is 5.02 Å². The molecule has 34 heavy (non-hydrogen) atoms. The van der Waals surface area contributed by atoms with Gasteiger partial charge in [0, 0.05) is 31.0 Å². The van der Waals surface area contributed by atoms with Crippen LogP contribution in [0, 0.1) is 0 Å². The molecule has 3 aromatic rings. The first kappa shape index (κ1) is 25.0. The van der Waals surface area contributed by atoms with Crippen molar-refractivity contribution in [2.45, 2.75) is 26.7 Å². The molecule has 3 rings (SSSR count). The summed E-state index contributed by atoms with van der Waals surface area (Å²) in [5, 5.41) is 7.54. The normalized spacial score (nSPS) is 10.6. The van der Waals surface area contributed by atoms with E-state index in [1.807, 2.05) is 44.2 Å². The maximum atomic E-state index is 13.0. The number of amides is 2. The van der Waals surface area contributed by atoms with E-state index in [0.29, 0.717) is 35.1 Å². The van der Waals surface area contributed by atoms with Gasteiger partial charge in [0.05, 0.1) is 24.6 Å². The van der Waals surface area contributed by atoms with Crippen LogP contribution in [-0.2, 0) is 4.79 Å². The number of hydrogen-bond acceptors (Lipinski definition) is 5. The summed E-state index contributed by atoms with van der Waals surface area (Å²) >= 11 is 6.01. The first-order valence-electron chi connectivity index (χ1n) is 11.0. The van der Waals surface area contributed by atoms with Gasteiger partial charge in [0.25, 0.3) is 5.91 Å². The Hall–Kier alpha value is -3.65. The molecule has 0 aliphatic carbocycles. The first-order chi connectivity index (χ1) is 16.4. The molecule has 0 saturated carbocycles. The third-order valence-electron chi connectivity index (χ3n) is 5.35. The SMILES string of the molecule is CCN(CC)C(=O)c1cnn(-c2ccccc2)c1NC(=O)CCC(=O)c1cc(Cl)ccc1OC. The van der Waals surface area contributed by atoms with Crippen molar-refractivity contribution in [3.8, 4) is 11.4 Å². The fourth-order valence-electron chi connectivity index (χ4n) is 3.53. The highest BCUT2D eigenvalue weighted by Gasteiger charge is 2.24. The smallest absolute Gasteiger partial charge is 0.259 e. The van der Waals surface area contributed by atoms with Crippen molar-refractivity contribution in [2.24, 2.45) is 0 Å². The predicted molar refractivity (Wildman–Crippen MR) is 131 cm³/mol. The maximum Gasteiger partial charge on any atom is 0.259 e. The van der Waals surface area contributed by atoms with Gasteiger partial charge in [0.1, 0.15) is 17.1 Å². The summed E-state index contributed by atoms with van der Waals surface area (Å²) in [6, 6.07) is 13.9. The Labute approximate surface area is 203 Å². The van der Waals surface area contributed by atoms with Crippen LogP contribution in [0.25, 0.3) is 5.69 Å². The van der Waals surface area contributed by atoms with Crippen molar-refractivity contribution in [2.75, 3.05) is 25.5 Å². The van der Waals surface area contributed by atoms with Gasteiger partial charge in [0.15, 0.2) is 5.78 Å². The van der Waals surface area contributed by atoms with Gasteiger partial charge in [-0.05, 0) is 44.2 Å². The number of ketones is 1. The van der Waals surface area contributed by atoms with Gasteiger partial charge in [-0.15, -0.1) is 0 Å². The van der Waals surface area contributed by atoms with Crippen LogP contribution in [-0.4, -0.2) is 52.5 Å². The van der Waals surface area contributed by atoms with E-state index < -0.39 is 5.91 Å². The number of anilines is 1. The monoisotopic (exact) mass is 482 g/mol. The molecule has 1 N–H and O–H groups in total. The number of carbonyl (C=O) groups is 3. The largest absolute Gasteiger partial charge is 0.496 e. The Morgan fingerprint density at radius 1 is 1.03 bits per heavy atom. The van der Waals surface area contributed by atoms with Crippen LogP contribution in [0.5, 0.6) is 5.75 Å². The fourth-order valence-corrected chi connectivity index (χ4v) is 3.70. The highest BCUT2D eigenvalue weighted by molar-refractivity contribution is 6.31. The number of rotatable bonds is 10. The summed E-state index contributed by atoms with van der Waals surface area (Å²) in [5.74, 6) is -0.265. The molecule has 0 bridgehead atoms. The van der Waals surface area contributed by atoms with Crippen molar-refractivity contribution in [3.63, 3.8) is 0 Å². The van der Waals surface area contributed by atoms with E-state index in [1.165, 1.54) is 24.1 Å². The van der Waals surface area contributed by atoms with Crippen molar-refractivity contribution < 1.29 is 19.1 Å². The molecule has 0 aliphatic rings. The Balaban J connectivity index is 1.82. The van der Waals surface area contributed by atoms with Crippen LogP contribution < -0.4 is 10.1 Å². The molecule has 0 fully saturated rings. The van der Waals surface area contributed by atoms with Gasteiger partial charge in [-0.1, -0.05) is 29.8 Å². The van der Waals surface area contributed by atoms with E-state index in [-0.39, 0.29) is 35.9 Å². The average Bonchev–Trinajstić information content (AvgIpc) is 3.27. The third kappa shape index (κ3) is 5.63. The second kappa shape index (κ2) is 11.5. The van der Waals surface area contributed by atoms with Crippen molar-refractivity contribution >= 4 is 35.0 Å². The summed E-state index contributed by atoms with van der Waals surface area (Å²) in [6.07, 6.45) is 1.31. The molecule has 2 amide bonds. The Morgan fingerprint density at radius 2 is 1.74 bits per heavy atom. The Kier molecular flexibility index (Phi) is 8.43. The van der Waals surface area contributed by atoms with Crippen molar-refractivity contribution in [1.82, 2.24) is 14.7 Å². The Morgan fingerprint density at radius 3 is 2.38 bits per heavy atom. The number of para-hydroxylation sites is 1. The topological polar surface area (TPSA) is 93.5 Å². The minimum absolute atomic E-state index is 0.0542. The van der Waals surface area contributed by atoms with Gasteiger partial charge in [0.2, 0.25) is 5.91 Å². The molecule has 1 heterocycles. The summed E-state index contributed by atoms with van der Waals surface area (Å²) in [4.78, 5) is 40.3. The van der Waals surface area contributed by atoms with Crippen LogP contribution in [0.1, 0.15) is 47.4 Å². The minimum Gasteiger partial charge on any atom is -0.496 e. The lowest BCUT2D eigenvalue weighted by Gasteiger charge is -2.19. The summed E-state index contributed by atoms with van der Waals surface area (Å²) in [5.41, 5.74) is 1.29. The molecule has 0 unspecified atom stereocenters. The van der Waals surface area contributed by atoms with Gasteiger partial charge in [-0.3, -0.25) is 14.4 Å². The number of carbonyl (C=O) groups excluding carboxylic acids is 3. The van der Waals surface area contributed by atoms with E-state index in [9.17, 15) is 14.4 Å². The summed E-state index contributed by atoms with van der Waals surface area (Å²) in [7, 11) is 1.46. The molecule has 1 aromatic heterocycles.